The zero-order chi connectivity index (χ0) is 23.7. The Morgan fingerprint density at radius 2 is 2.15 bits per heavy atom. The Morgan fingerprint density at radius 3 is 2.97 bits per heavy atom. The molecule has 34 heavy (non-hydrogen) atoms. The van der Waals surface area contributed by atoms with Gasteiger partial charge in [-0.15, -0.1) is 0 Å². The monoisotopic (exact) mass is 471 g/mol. The summed E-state index contributed by atoms with van der Waals surface area (Å²) in [5.74, 6) is -1.73. The lowest BCUT2D eigenvalue weighted by Gasteiger charge is -2.29. The number of hydrazine groups is 2. The molecular formula is C21H23F2N9O2. The van der Waals surface area contributed by atoms with E-state index in [0.29, 0.717) is 36.7 Å². The number of benzene rings is 1. The summed E-state index contributed by atoms with van der Waals surface area (Å²) in [5, 5.41) is 19.3. The van der Waals surface area contributed by atoms with Crippen LogP contribution in [0, 0.1) is 11.6 Å². The number of piperazine rings is 1. The van der Waals surface area contributed by atoms with Crippen molar-refractivity contribution in [3.63, 3.8) is 0 Å². The van der Waals surface area contributed by atoms with Crippen LogP contribution >= 0.6 is 0 Å². The van der Waals surface area contributed by atoms with Gasteiger partial charge < -0.3 is 20.7 Å². The summed E-state index contributed by atoms with van der Waals surface area (Å²) in [5.41, 5.74) is 7.85. The van der Waals surface area contributed by atoms with Crippen molar-refractivity contribution in [2.45, 2.75) is 13.1 Å². The number of carbonyl (C=O) groups is 1. The standard InChI is InChI=1S/C21H23F2N9O2/c22-16-1-2-18(31-4-3-24-9-20(31)34)21(23)15(16)11-32-19-12-30(13-25-17(19)8-27-32)28-14-7-26-29(10-14)5-6-33/h1-2,7-8,10,12-13,24,27-28,33H,3-6,9,11H2. The third kappa shape index (κ3) is 4.18. The number of nitrogens with one attached hydrogen (secondary N) is 3. The number of fused-ring (bicyclic) bond motifs is 1. The van der Waals surface area contributed by atoms with Gasteiger partial charge in [-0.2, -0.15) is 5.10 Å². The average molecular weight is 471 g/mol. The van der Waals surface area contributed by atoms with Crippen molar-refractivity contribution in [1.29, 1.82) is 0 Å². The zero-order valence-electron chi connectivity index (χ0n) is 18.1. The second-order valence-electron chi connectivity index (χ2n) is 7.82. The van der Waals surface area contributed by atoms with Crippen molar-refractivity contribution in [3.8, 4) is 0 Å². The van der Waals surface area contributed by atoms with Crippen molar-refractivity contribution in [1.82, 2.24) is 30.5 Å². The Bertz CT molecular complexity index is 1190. The maximum Gasteiger partial charge on any atom is 0.241 e. The van der Waals surface area contributed by atoms with Crippen LogP contribution in [0.1, 0.15) is 5.56 Å². The molecule has 0 aliphatic carbocycles. The smallest absolute Gasteiger partial charge is 0.241 e. The van der Waals surface area contributed by atoms with E-state index in [4.69, 9.17) is 5.11 Å². The number of rotatable bonds is 7. The number of aliphatic hydroxyl groups is 1. The molecule has 178 valence electrons. The second-order valence-corrected chi connectivity index (χ2v) is 7.82. The summed E-state index contributed by atoms with van der Waals surface area (Å²) in [6, 6.07) is 2.48. The lowest BCUT2D eigenvalue weighted by molar-refractivity contribution is -0.118. The molecule has 0 bridgehead atoms. The molecule has 3 aliphatic rings. The van der Waals surface area contributed by atoms with Crippen LogP contribution in [0.25, 0.3) is 0 Å². The summed E-state index contributed by atoms with van der Waals surface area (Å²) in [6.07, 6.45) is 8.25. The van der Waals surface area contributed by atoms with E-state index >= 15 is 4.39 Å². The van der Waals surface area contributed by atoms with Gasteiger partial charge in [-0.3, -0.25) is 19.9 Å². The molecular weight excluding hydrogens is 448 g/mol. The van der Waals surface area contributed by atoms with Crippen LogP contribution in [0.5, 0.6) is 0 Å². The van der Waals surface area contributed by atoms with E-state index in [9.17, 15) is 9.18 Å². The highest BCUT2D eigenvalue weighted by Crippen LogP contribution is 2.30. The van der Waals surface area contributed by atoms with E-state index in [0.717, 1.165) is 0 Å². The summed E-state index contributed by atoms with van der Waals surface area (Å²) >= 11 is 0. The summed E-state index contributed by atoms with van der Waals surface area (Å²) < 4.78 is 31.6. The Hall–Kier alpha value is -3.97. The van der Waals surface area contributed by atoms with Gasteiger partial charge in [-0.25, -0.2) is 18.8 Å². The van der Waals surface area contributed by atoms with E-state index in [2.05, 4.69) is 26.3 Å². The summed E-state index contributed by atoms with van der Waals surface area (Å²) in [7, 11) is 0. The number of aliphatic hydroxyl groups excluding tert-OH is 1. The van der Waals surface area contributed by atoms with Crippen LogP contribution < -0.4 is 21.1 Å². The molecule has 1 saturated heterocycles. The first kappa shape index (κ1) is 21.9. The lowest BCUT2D eigenvalue weighted by Crippen LogP contribution is -2.48. The minimum Gasteiger partial charge on any atom is -0.394 e. The van der Waals surface area contributed by atoms with Gasteiger partial charge >= 0.3 is 0 Å². The van der Waals surface area contributed by atoms with E-state index in [-0.39, 0.29) is 36.9 Å². The van der Waals surface area contributed by atoms with Gasteiger partial charge in [0.25, 0.3) is 0 Å². The predicted octanol–water partition coefficient (Wildman–Crippen LogP) is 0.464. The van der Waals surface area contributed by atoms with Crippen molar-refractivity contribution >= 4 is 23.6 Å². The van der Waals surface area contributed by atoms with Gasteiger partial charge in [-0.05, 0) is 12.1 Å². The number of aliphatic imine (C=N–C) groups is 1. The first-order valence-electron chi connectivity index (χ1n) is 10.7. The molecule has 0 unspecified atom stereocenters. The van der Waals surface area contributed by atoms with E-state index in [1.807, 2.05) is 0 Å². The Balaban J connectivity index is 1.35. The molecule has 5 rings (SSSR count). The average Bonchev–Trinajstić information content (AvgIpc) is 3.44. The quantitative estimate of drug-likeness (QED) is 0.461. The molecule has 1 aromatic carbocycles. The van der Waals surface area contributed by atoms with Crippen LogP contribution in [0.3, 0.4) is 0 Å². The topological polar surface area (TPSA) is 113 Å². The molecule has 1 aromatic heterocycles. The van der Waals surface area contributed by atoms with Crippen LogP contribution in [0.15, 0.2) is 53.3 Å². The van der Waals surface area contributed by atoms with Crippen molar-refractivity contribution in [2.24, 2.45) is 4.99 Å². The molecule has 2 aromatic rings. The van der Waals surface area contributed by atoms with Crippen molar-refractivity contribution in [2.75, 3.05) is 36.6 Å². The van der Waals surface area contributed by atoms with Gasteiger partial charge in [0.15, 0.2) is 5.82 Å². The number of carbonyl (C=O) groups excluding carboxylic acids is 1. The first-order chi connectivity index (χ1) is 16.5. The van der Waals surface area contributed by atoms with E-state index in [1.165, 1.54) is 17.0 Å². The largest absolute Gasteiger partial charge is 0.394 e. The fraction of sp³-hybridized carbons (Fsp3) is 0.286. The minimum atomic E-state index is -0.767. The highest BCUT2D eigenvalue weighted by molar-refractivity contribution is 5.95. The maximum atomic E-state index is 15.4. The van der Waals surface area contributed by atoms with Gasteiger partial charge in [0.05, 0.1) is 50.0 Å². The van der Waals surface area contributed by atoms with Crippen LogP contribution in [-0.4, -0.2) is 63.4 Å². The highest BCUT2D eigenvalue weighted by Gasteiger charge is 2.29. The molecule has 11 nitrogen and oxygen atoms in total. The number of halogens is 2. The number of hydrogen-bond acceptors (Lipinski definition) is 9. The number of aromatic nitrogens is 2. The lowest BCUT2D eigenvalue weighted by atomic mass is 10.1. The van der Waals surface area contributed by atoms with E-state index < -0.39 is 11.6 Å². The Morgan fingerprint density at radius 1 is 1.26 bits per heavy atom. The Labute approximate surface area is 193 Å². The molecule has 1 amide bonds. The molecule has 13 heteroatoms. The fourth-order valence-electron chi connectivity index (χ4n) is 3.89. The summed E-state index contributed by atoms with van der Waals surface area (Å²) in [4.78, 5) is 17.9. The SMILES string of the molecule is O=C1CNCCN1c1ccc(F)c(CN2NC=C3N=CN(Nc4cnn(CCO)c4)C=C32)c1F. The minimum absolute atomic E-state index is 0.0255. The van der Waals surface area contributed by atoms with Crippen LogP contribution in [-0.2, 0) is 17.9 Å². The molecule has 4 N–H and O–H groups in total. The molecule has 0 spiro atoms. The molecule has 0 saturated carbocycles. The second kappa shape index (κ2) is 9.11. The van der Waals surface area contributed by atoms with Crippen LogP contribution in [0.4, 0.5) is 20.2 Å². The third-order valence-corrected chi connectivity index (χ3v) is 5.58. The first-order valence-corrected chi connectivity index (χ1v) is 10.7. The van der Waals surface area contributed by atoms with Gasteiger partial charge in [-0.1, -0.05) is 0 Å². The summed E-state index contributed by atoms with van der Waals surface area (Å²) in [6.45, 7) is 1.17. The number of anilines is 2. The molecule has 0 radical (unpaired) electrons. The molecule has 3 aliphatic heterocycles. The fourth-order valence-corrected chi connectivity index (χ4v) is 3.89. The maximum absolute atomic E-state index is 15.4. The highest BCUT2D eigenvalue weighted by atomic mass is 19.1. The third-order valence-electron chi connectivity index (χ3n) is 5.58. The van der Waals surface area contributed by atoms with Gasteiger partial charge in [0.1, 0.15) is 23.5 Å². The number of hydrogen-bond donors (Lipinski definition) is 4. The predicted molar refractivity (Wildman–Crippen MR) is 120 cm³/mol. The molecule has 4 heterocycles. The van der Waals surface area contributed by atoms with Crippen molar-refractivity contribution in [3.05, 3.63) is 65.5 Å². The molecule has 1 fully saturated rings. The normalized spacial score (nSPS) is 17.5. The number of nitrogens with zero attached hydrogens (tertiary/aromatic N) is 6. The number of amides is 1. The van der Waals surface area contributed by atoms with E-state index in [1.54, 1.807) is 45.8 Å². The van der Waals surface area contributed by atoms with Crippen molar-refractivity contribution < 1.29 is 18.7 Å². The van der Waals surface area contributed by atoms with Gasteiger partial charge in [0, 0.05) is 31.0 Å². The molecule has 0 atom stereocenters. The van der Waals surface area contributed by atoms with Crippen LogP contribution in [0.2, 0.25) is 0 Å². The van der Waals surface area contributed by atoms with Gasteiger partial charge in [0.2, 0.25) is 5.91 Å². The Kier molecular flexibility index (Phi) is 5.86. The zero-order valence-corrected chi connectivity index (χ0v) is 18.1.